The summed E-state index contributed by atoms with van der Waals surface area (Å²) in [6, 6.07) is 3.80. The van der Waals surface area contributed by atoms with Crippen LogP contribution in [0.5, 0.6) is 0 Å². The lowest BCUT2D eigenvalue weighted by Crippen LogP contribution is -2.18. The van der Waals surface area contributed by atoms with Crippen molar-refractivity contribution in [1.29, 1.82) is 0 Å². The molecule has 14 heteroatoms. The van der Waals surface area contributed by atoms with Crippen LogP contribution >= 0.6 is 0 Å². The molecule has 1 N–H and O–H groups in total. The standard InChI is InChI=1S/C25H16F5N3O5S/c1-38-20(34)9-2-13-10-16-17(12-32-24(16)31-11-13)23(35)21-18(26)7-8-19(22(21)27)33-39(36,37)15-5-3-14(4-6-15)25(28,29)30/h2-9,11-12,33H,10H2,1H3/b9-2+. The van der Waals surface area contributed by atoms with Gasteiger partial charge >= 0.3 is 12.1 Å². The van der Waals surface area contributed by atoms with Gasteiger partial charge in [0.15, 0.2) is 11.7 Å². The van der Waals surface area contributed by atoms with E-state index in [1.807, 2.05) is 4.72 Å². The molecule has 0 saturated heterocycles. The Morgan fingerprint density at radius 3 is 2.41 bits per heavy atom. The number of methoxy groups -OCH3 is 1. The Bertz CT molecular complexity index is 1640. The summed E-state index contributed by atoms with van der Waals surface area (Å²) in [6.45, 7) is 0. The van der Waals surface area contributed by atoms with Gasteiger partial charge < -0.3 is 4.74 Å². The highest BCUT2D eigenvalue weighted by atomic mass is 32.2. The monoisotopic (exact) mass is 565 g/mol. The van der Waals surface area contributed by atoms with Crippen LogP contribution in [0.2, 0.25) is 0 Å². The molecular formula is C25H16F5N3O5S. The first kappa shape index (κ1) is 27.6. The predicted octanol–water partition coefficient (Wildman–Crippen LogP) is 4.76. The SMILES string of the molecule is COC(=O)/C=C/C1=CN=C2N=CC(C(=O)c3c(F)ccc(NS(=O)(=O)c4ccc(C(F)(F)F)cc4)c3F)=C2C1. The first-order chi connectivity index (χ1) is 18.3. The molecule has 0 bridgehead atoms. The minimum atomic E-state index is -4.70. The lowest BCUT2D eigenvalue weighted by atomic mass is 9.94. The number of sulfonamides is 1. The number of Topliss-reactive ketones (excluding diaryl/α,β-unsaturated/α-hetero) is 1. The molecule has 0 aromatic heterocycles. The molecule has 202 valence electrons. The number of ether oxygens (including phenoxy) is 1. The number of nitrogens with zero attached hydrogens (tertiary/aromatic N) is 2. The zero-order valence-electron chi connectivity index (χ0n) is 19.7. The third-order valence-corrected chi connectivity index (χ3v) is 6.96. The average Bonchev–Trinajstić information content (AvgIpc) is 3.32. The van der Waals surface area contributed by atoms with Crippen molar-refractivity contribution >= 4 is 39.5 Å². The Kier molecular flexibility index (Phi) is 7.33. The zero-order chi connectivity index (χ0) is 28.5. The number of rotatable bonds is 7. The first-order valence-corrected chi connectivity index (χ1v) is 12.3. The molecule has 2 aromatic rings. The summed E-state index contributed by atoms with van der Waals surface area (Å²) in [4.78, 5) is 32.0. The smallest absolute Gasteiger partial charge is 0.416 e. The van der Waals surface area contributed by atoms with E-state index in [1.165, 1.54) is 19.4 Å². The van der Waals surface area contributed by atoms with E-state index in [0.29, 0.717) is 35.9 Å². The molecule has 2 aliphatic heterocycles. The molecule has 0 aliphatic carbocycles. The number of nitrogens with one attached hydrogen (secondary N) is 1. The van der Waals surface area contributed by atoms with Gasteiger partial charge in [0.1, 0.15) is 5.82 Å². The van der Waals surface area contributed by atoms with Gasteiger partial charge in [-0.3, -0.25) is 9.52 Å². The lowest BCUT2D eigenvalue weighted by molar-refractivity contribution is -0.137. The van der Waals surface area contributed by atoms with Gasteiger partial charge in [-0.25, -0.2) is 32.0 Å². The average molecular weight is 565 g/mol. The minimum absolute atomic E-state index is 0.0386. The Hall–Kier alpha value is -4.46. The van der Waals surface area contributed by atoms with Crippen molar-refractivity contribution in [2.75, 3.05) is 11.8 Å². The van der Waals surface area contributed by atoms with Crippen LogP contribution in [0, 0.1) is 11.6 Å². The number of benzene rings is 2. The van der Waals surface area contributed by atoms with Gasteiger partial charge in [0, 0.05) is 36.1 Å². The highest BCUT2D eigenvalue weighted by Crippen LogP contribution is 2.32. The Balaban J connectivity index is 1.64. The van der Waals surface area contributed by atoms with E-state index in [9.17, 15) is 35.6 Å². The molecule has 0 amide bonds. The fourth-order valence-electron chi connectivity index (χ4n) is 3.62. The van der Waals surface area contributed by atoms with Crippen molar-refractivity contribution in [2.45, 2.75) is 17.5 Å². The van der Waals surface area contributed by atoms with E-state index < -0.39 is 61.3 Å². The number of esters is 1. The molecule has 2 aliphatic rings. The van der Waals surface area contributed by atoms with Crippen LogP contribution in [0.25, 0.3) is 0 Å². The van der Waals surface area contributed by atoms with Gasteiger partial charge in [0.25, 0.3) is 10.0 Å². The molecule has 39 heavy (non-hydrogen) atoms. The van der Waals surface area contributed by atoms with E-state index in [0.717, 1.165) is 18.4 Å². The number of halogens is 5. The minimum Gasteiger partial charge on any atom is -0.466 e. The predicted molar refractivity (Wildman–Crippen MR) is 130 cm³/mol. The van der Waals surface area contributed by atoms with Crippen molar-refractivity contribution in [3.8, 4) is 0 Å². The summed E-state index contributed by atoms with van der Waals surface area (Å²) in [7, 11) is -3.43. The molecule has 4 rings (SSSR count). The molecule has 0 unspecified atom stereocenters. The molecule has 0 atom stereocenters. The summed E-state index contributed by atoms with van der Waals surface area (Å²) in [6.07, 6.45) is 0.296. The Labute approximate surface area is 218 Å². The fourth-order valence-corrected chi connectivity index (χ4v) is 4.68. The lowest BCUT2D eigenvalue weighted by Gasteiger charge is -2.14. The van der Waals surface area contributed by atoms with E-state index in [-0.39, 0.29) is 23.4 Å². The van der Waals surface area contributed by atoms with Crippen molar-refractivity contribution in [3.63, 3.8) is 0 Å². The maximum atomic E-state index is 15.3. The van der Waals surface area contributed by atoms with Gasteiger partial charge in [-0.1, -0.05) is 0 Å². The van der Waals surface area contributed by atoms with Crippen molar-refractivity contribution in [3.05, 3.63) is 94.2 Å². The van der Waals surface area contributed by atoms with Gasteiger partial charge in [-0.15, -0.1) is 0 Å². The molecule has 2 aromatic carbocycles. The second kappa shape index (κ2) is 10.4. The third-order valence-electron chi connectivity index (χ3n) is 5.58. The second-order valence-corrected chi connectivity index (χ2v) is 9.76. The topological polar surface area (TPSA) is 114 Å². The number of hydrogen-bond acceptors (Lipinski definition) is 7. The highest BCUT2D eigenvalue weighted by molar-refractivity contribution is 7.92. The highest BCUT2D eigenvalue weighted by Gasteiger charge is 2.32. The van der Waals surface area contributed by atoms with Gasteiger partial charge in [0.05, 0.1) is 28.8 Å². The van der Waals surface area contributed by atoms with Crippen molar-refractivity contribution in [2.24, 2.45) is 9.98 Å². The van der Waals surface area contributed by atoms with Crippen LogP contribution in [-0.4, -0.2) is 39.3 Å². The van der Waals surface area contributed by atoms with Crippen LogP contribution < -0.4 is 4.72 Å². The van der Waals surface area contributed by atoms with Crippen molar-refractivity contribution in [1.82, 2.24) is 0 Å². The van der Waals surface area contributed by atoms with E-state index in [1.54, 1.807) is 0 Å². The summed E-state index contributed by atoms with van der Waals surface area (Å²) in [5.41, 5.74) is -2.50. The molecule has 0 radical (unpaired) electrons. The maximum Gasteiger partial charge on any atom is 0.416 e. The molecule has 2 heterocycles. The number of hydrogen-bond donors (Lipinski definition) is 1. The first-order valence-electron chi connectivity index (χ1n) is 10.8. The Morgan fingerprint density at radius 2 is 1.77 bits per heavy atom. The number of fused-ring (bicyclic) bond motifs is 1. The van der Waals surface area contributed by atoms with E-state index in [2.05, 4.69) is 14.7 Å². The Morgan fingerprint density at radius 1 is 1.08 bits per heavy atom. The normalized spacial score (nSPS) is 15.2. The third kappa shape index (κ3) is 5.70. The van der Waals surface area contributed by atoms with Crippen LogP contribution in [0.3, 0.4) is 0 Å². The number of aliphatic imine (C=N–C) groups is 2. The molecule has 0 spiro atoms. The van der Waals surface area contributed by atoms with Crippen LogP contribution in [0.1, 0.15) is 22.3 Å². The van der Waals surface area contributed by atoms with Crippen LogP contribution in [0.15, 0.2) is 86.3 Å². The summed E-state index contributed by atoms with van der Waals surface area (Å²) in [5.74, 6) is -4.51. The van der Waals surface area contributed by atoms with Crippen LogP contribution in [0.4, 0.5) is 27.6 Å². The number of anilines is 1. The van der Waals surface area contributed by atoms with Crippen molar-refractivity contribution < 1.29 is 44.7 Å². The quantitative estimate of drug-likeness (QED) is 0.225. The number of carbonyl (C=O) groups is 2. The number of ketones is 1. The zero-order valence-corrected chi connectivity index (χ0v) is 20.5. The largest absolute Gasteiger partial charge is 0.466 e. The second-order valence-electron chi connectivity index (χ2n) is 8.08. The summed E-state index contributed by atoms with van der Waals surface area (Å²) in [5, 5.41) is 0. The van der Waals surface area contributed by atoms with E-state index in [4.69, 9.17) is 0 Å². The fraction of sp³-hybridized carbons (Fsp3) is 0.120. The number of amidine groups is 1. The van der Waals surface area contributed by atoms with Gasteiger partial charge in [-0.05, 0) is 48.0 Å². The van der Waals surface area contributed by atoms with Gasteiger partial charge in [0.2, 0.25) is 5.78 Å². The number of carbonyl (C=O) groups excluding carboxylic acids is 2. The maximum absolute atomic E-state index is 15.3. The number of allylic oxidation sites excluding steroid dienone is 3. The van der Waals surface area contributed by atoms with E-state index >= 15 is 4.39 Å². The number of alkyl halides is 3. The summed E-state index contributed by atoms with van der Waals surface area (Å²) >= 11 is 0. The molecular weight excluding hydrogens is 549 g/mol. The summed E-state index contributed by atoms with van der Waals surface area (Å²) < 4.78 is 100. The molecule has 0 saturated carbocycles. The van der Waals surface area contributed by atoms with Crippen LogP contribution in [-0.2, 0) is 25.7 Å². The van der Waals surface area contributed by atoms with Gasteiger partial charge in [-0.2, -0.15) is 13.2 Å². The molecule has 0 fully saturated rings. The molecule has 8 nitrogen and oxygen atoms in total.